The molecular weight excluding hydrogens is 234 g/mol. The molecule has 1 aliphatic heterocycles. The minimum absolute atomic E-state index is 0.601. The first-order chi connectivity index (χ1) is 7.86. The summed E-state index contributed by atoms with van der Waals surface area (Å²) in [6.45, 7) is 2.34. The molecule has 16 heavy (non-hydrogen) atoms. The molecule has 1 fully saturated rings. The highest BCUT2D eigenvalue weighted by Crippen LogP contribution is 2.22. The van der Waals surface area contributed by atoms with Crippen LogP contribution in [0.25, 0.3) is 0 Å². The Hall–Kier alpha value is 0.400. The fourth-order valence-electron chi connectivity index (χ4n) is 2.43. The average Bonchev–Trinajstić information content (AvgIpc) is 2.59. The molecule has 3 heteroatoms. The van der Waals surface area contributed by atoms with Gasteiger partial charge in [0.25, 0.3) is 0 Å². The first-order valence-corrected chi connectivity index (χ1v) is 8.77. The van der Waals surface area contributed by atoms with Crippen molar-refractivity contribution in [2.75, 3.05) is 23.0 Å². The molecule has 1 saturated heterocycles. The lowest BCUT2D eigenvalue weighted by Gasteiger charge is -2.25. The molecule has 0 spiro atoms. The predicted octanol–water partition coefficient (Wildman–Crippen LogP) is 3.31. The SMILES string of the molecule is CC(NC1CSCCSC1)C1=CCCCC1. The Bertz CT molecular complexity index is 232. The summed E-state index contributed by atoms with van der Waals surface area (Å²) in [5.74, 6) is 5.26. The van der Waals surface area contributed by atoms with Crippen LogP contribution in [0.1, 0.15) is 32.6 Å². The van der Waals surface area contributed by atoms with E-state index in [1.54, 1.807) is 5.57 Å². The maximum absolute atomic E-state index is 3.82. The zero-order valence-corrected chi connectivity index (χ0v) is 11.8. The quantitative estimate of drug-likeness (QED) is 0.779. The van der Waals surface area contributed by atoms with Gasteiger partial charge in [-0.15, -0.1) is 0 Å². The summed E-state index contributed by atoms with van der Waals surface area (Å²) in [6.07, 6.45) is 7.88. The van der Waals surface area contributed by atoms with Crippen LogP contribution < -0.4 is 5.32 Å². The Balaban J connectivity index is 1.80. The summed E-state index contributed by atoms with van der Waals surface area (Å²) in [5, 5.41) is 3.82. The molecule has 0 saturated carbocycles. The third kappa shape index (κ3) is 4.01. The standard InChI is InChI=1S/C13H23NS2/c1-11(12-5-3-2-4-6-12)14-13-9-15-7-8-16-10-13/h5,11,13-14H,2-4,6-10H2,1H3. The van der Waals surface area contributed by atoms with E-state index in [0.29, 0.717) is 6.04 Å². The molecule has 2 rings (SSSR count). The van der Waals surface area contributed by atoms with Gasteiger partial charge in [-0.05, 0) is 32.6 Å². The van der Waals surface area contributed by atoms with Gasteiger partial charge in [0.1, 0.15) is 0 Å². The number of hydrogen-bond donors (Lipinski definition) is 1. The van der Waals surface area contributed by atoms with E-state index in [1.807, 2.05) is 0 Å². The smallest absolute Gasteiger partial charge is 0.0254 e. The summed E-state index contributed by atoms with van der Waals surface area (Å²) < 4.78 is 0. The van der Waals surface area contributed by atoms with Gasteiger partial charge < -0.3 is 5.32 Å². The second-order valence-electron chi connectivity index (χ2n) is 4.76. The molecule has 1 aliphatic carbocycles. The van der Waals surface area contributed by atoms with Gasteiger partial charge in [-0.1, -0.05) is 11.6 Å². The Labute approximate surface area is 108 Å². The highest BCUT2D eigenvalue weighted by atomic mass is 32.2. The molecule has 0 radical (unpaired) electrons. The fraction of sp³-hybridized carbons (Fsp3) is 0.846. The Morgan fingerprint density at radius 3 is 2.62 bits per heavy atom. The molecule has 0 aromatic rings. The van der Waals surface area contributed by atoms with E-state index in [2.05, 4.69) is 41.8 Å². The first-order valence-electron chi connectivity index (χ1n) is 6.47. The third-order valence-electron chi connectivity index (χ3n) is 3.38. The van der Waals surface area contributed by atoms with E-state index >= 15 is 0 Å². The van der Waals surface area contributed by atoms with E-state index in [9.17, 15) is 0 Å². The lowest BCUT2D eigenvalue weighted by atomic mass is 9.94. The van der Waals surface area contributed by atoms with Gasteiger partial charge in [0.05, 0.1) is 0 Å². The van der Waals surface area contributed by atoms with Gasteiger partial charge in [0.2, 0.25) is 0 Å². The number of nitrogens with one attached hydrogen (secondary N) is 1. The fourth-order valence-corrected chi connectivity index (χ4v) is 4.85. The molecule has 1 N–H and O–H groups in total. The molecule has 1 nitrogen and oxygen atoms in total. The van der Waals surface area contributed by atoms with Crippen LogP contribution in [0.3, 0.4) is 0 Å². The second-order valence-corrected chi connectivity index (χ2v) is 7.06. The molecule has 1 heterocycles. The van der Waals surface area contributed by atoms with Crippen molar-refractivity contribution in [3.8, 4) is 0 Å². The van der Waals surface area contributed by atoms with Crippen LogP contribution in [0.5, 0.6) is 0 Å². The Morgan fingerprint density at radius 1 is 1.25 bits per heavy atom. The van der Waals surface area contributed by atoms with E-state index in [0.717, 1.165) is 6.04 Å². The van der Waals surface area contributed by atoms with E-state index in [1.165, 1.54) is 48.7 Å². The second kappa shape index (κ2) is 6.97. The van der Waals surface area contributed by atoms with Crippen LogP contribution in [0.2, 0.25) is 0 Å². The van der Waals surface area contributed by atoms with Crippen LogP contribution in [-0.4, -0.2) is 35.1 Å². The minimum atomic E-state index is 0.601. The van der Waals surface area contributed by atoms with Crippen molar-refractivity contribution in [1.29, 1.82) is 0 Å². The highest BCUT2D eigenvalue weighted by molar-refractivity contribution is 8.03. The lowest BCUT2D eigenvalue weighted by molar-refractivity contribution is 0.516. The summed E-state index contributed by atoms with van der Waals surface area (Å²) in [7, 11) is 0. The summed E-state index contributed by atoms with van der Waals surface area (Å²) in [5.41, 5.74) is 1.66. The van der Waals surface area contributed by atoms with E-state index in [-0.39, 0.29) is 0 Å². The number of hydrogen-bond acceptors (Lipinski definition) is 3. The molecule has 1 unspecified atom stereocenters. The van der Waals surface area contributed by atoms with Gasteiger partial charge in [-0.25, -0.2) is 0 Å². The van der Waals surface area contributed by atoms with Gasteiger partial charge in [-0.2, -0.15) is 23.5 Å². The molecule has 0 aromatic carbocycles. The molecule has 0 amide bonds. The third-order valence-corrected chi connectivity index (χ3v) is 5.90. The van der Waals surface area contributed by atoms with Crippen LogP contribution in [0.15, 0.2) is 11.6 Å². The lowest BCUT2D eigenvalue weighted by Crippen LogP contribution is -2.40. The highest BCUT2D eigenvalue weighted by Gasteiger charge is 2.17. The minimum Gasteiger partial charge on any atom is -0.306 e. The van der Waals surface area contributed by atoms with Crippen molar-refractivity contribution in [2.24, 2.45) is 0 Å². The van der Waals surface area contributed by atoms with Crippen molar-refractivity contribution in [2.45, 2.75) is 44.7 Å². The normalized spacial score (nSPS) is 25.9. The molecule has 2 aliphatic rings. The Kier molecular flexibility index (Phi) is 5.60. The average molecular weight is 257 g/mol. The molecular formula is C13H23NS2. The van der Waals surface area contributed by atoms with Crippen molar-refractivity contribution in [3.63, 3.8) is 0 Å². The summed E-state index contributed by atoms with van der Waals surface area (Å²) in [4.78, 5) is 0. The van der Waals surface area contributed by atoms with Gasteiger partial charge >= 0.3 is 0 Å². The molecule has 92 valence electrons. The summed E-state index contributed by atoms with van der Waals surface area (Å²) in [6, 6.07) is 1.32. The van der Waals surface area contributed by atoms with Gasteiger partial charge in [0.15, 0.2) is 0 Å². The number of allylic oxidation sites excluding steroid dienone is 1. The Morgan fingerprint density at radius 2 is 2.00 bits per heavy atom. The first kappa shape index (κ1) is 12.8. The van der Waals surface area contributed by atoms with Crippen LogP contribution in [0, 0.1) is 0 Å². The summed E-state index contributed by atoms with van der Waals surface area (Å²) >= 11 is 4.22. The van der Waals surface area contributed by atoms with Crippen molar-refractivity contribution in [1.82, 2.24) is 5.32 Å². The number of thioether (sulfide) groups is 2. The van der Waals surface area contributed by atoms with Crippen LogP contribution in [0.4, 0.5) is 0 Å². The van der Waals surface area contributed by atoms with Crippen LogP contribution >= 0.6 is 23.5 Å². The molecule has 0 aromatic heterocycles. The van der Waals surface area contributed by atoms with Gasteiger partial charge in [-0.3, -0.25) is 0 Å². The van der Waals surface area contributed by atoms with Crippen LogP contribution in [-0.2, 0) is 0 Å². The maximum atomic E-state index is 3.82. The van der Waals surface area contributed by atoms with E-state index in [4.69, 9.17) is 0 Å². The molecule has 1 atom stereocenters. The van der Waals surface area contributed by atoms with Gasteiger partial charge in [0, 0.05) is 35.1 Å². The van der Waals surface area contributed by atoms with E-state index < -0.39 is 0 Å². The van der Waals surface area contributed by atoms with Crippen molar-refractivity contribution >= 4 is 23.5 Å². The zero-order chi connectivity index (χ0) is 11.2. The maximum Gasteiger partial charge on any atom is 0.0254 e. The predicted molar refractivity (Wildman–Crippen MR) is 77.6 cm³/mol. The largest absolute Gasteiger partial charge is 0.306 e. The van der Waals surface area contributed by atoms with Crippen molar-refractivity contribution in [3.05, 3.63) is 11.6 Å². The topological polar surface area (TPSA) is 12.0 Å². The molecule has 0 bridgehead atoms. The number of rotatable bonds is 3. The van der Waals surface area contributed by atoms with Crippen molar-refractivity contribution < 1.29 is 0 Å². The monoisotopic (exact) mass is 257 g/mol. The zero-order valence-electron chi connectivity index (χ0n) is 10.2.